The van der Waals surface area contributed by atoms with Crippen LogP contribution in [0.2, 0.25) is 0 Å². The molecular formula is C19H27FN4OS. The van der Waals surface area contributed by atoms with E-state index in [0.29, 0.717) is 12.5 Å². The van der Waals surface area contributed by atoms with Gasteiger partial charge in [0, 0.05) is 38.3 Å². The van der Waals surface area contributed by atoms with Crippen molar-refractivity contribution in [3.63, 3.8) is 0 Å². The van der Waals surface area contributed by atoms with Gasteiger partial charge in [-0.1, -0.05) is 12.1 Å². The van der Waals surface area contributed by atoms with Crippen LogP contribution < -0.4 is 10.9 Å². The van der Waals surface area contributed by atoms with E-state index in [0.717, 1.165) is 31.7 Å². The molecule has 0 saturated carbocycles. The highest BCUT2D eigenvalue weighted by Crippen LogP contribution is 2.25. The van der Waals surface area contributed by atoms with Gasteiger partial charge in [-0.2, -0.15) is 11.8 Å². The highest BCUT2D eigenvalue weighted by atomic mass is 32.2. The fourth-order valence-electron chi connectivity index (χ4n) is 4.21. The second kappa shape index (κ2) is 8.25. The number of halogens is 1. The summed E-state index contributed by atoms with van der Waals surface area (Å²) in [6.07, 6.45) is 3.27. The number of amides is 1. The maximum Gasteiger partial charge on any atom is 0.241 e. The summed E-state index contributed by atoms with van der Waals surface area (Å²) in [4.78, 5) is 17.4. The molecule has 3 aliphatic rings. The van der Waals surface area contributed by atoms with Crippen molar-refractivity contribution in [1.82, 2.24) is 20.7 Å². The lowest BCUT2D eigenvalue weighted by atomic mass is 10.0. The van der Waals surface area contributed by atoms with Crippen molar-refractivity contribution < 1.29 is 9.18 Å². The highest BCUT2D eigenvalue weighted by molar-refractivity contribution is 7.99. The first kappa shape index (κ1) is 18.2. The monoisotopic (exact) mass is 378 g/mol. The Morgan fingerprint density at radius 3 is 2.42 bits per heavy atom. The van der Waals surface area contributed by atoms with Gasteiger partial charge in [-0.05, 0) is 48.5 Å². The average Bonchev–Trinajstić information content (AvgIpc) is 3.19. The first-order valence-electron chi connectivity index (χ1n) is 9.58. The molecule has 4 rings (SSSR count). The van der Waals surface area contributed by atoms with Crippen molar-refractivity contribution in [1.29, 1.82) is 0 Å². The lowest BCUT2D eigenvalue weighted by Gasteiger charge is -2.41. The van der Waals surface area contributed by atoms with Gasteiger partial charge in [-0.25, -0.2) is 15.2 Å². The predicted octanol–water partition coefficient (Wildman–Crippen LogP) is 1.77. The van der Waals surface area contributed by atoms with Crippen molar-refractivity contribution in [3.05, 3.63) is 35.6 Å². The molecule has 0 aromatic heterocycles. The molecule has 0 radical (unpaired) electrons. The zero-order valence-electron chi connectivity index (χ0n) is 15.0. The van der Waals surface area contributed by atoms with E-state index < -0.39 is 0 Å². The minimum absolute atomic E-state index is 0.0468. The normalized spacial score (nSPS) is 28.4. The number of carbonyl (C=O) groups is 1. The van der Waals surface area contributed by atoms with Crippen LogP contribution >= 0.6 is 11.8 Å². The number of piperazine rings is 1. The van der Waals surface area contributed by atoms with Crippen molar-refractivity contribution in [2.45, 2.75) is 37.4 Å². The third-order valence-corrected chi connectivity index (χ3v) is 6.86. The van der Waals surface area contributed by atoms with Gasteiger partial charge in [0.1, 0.15) is 11.9 Å². The number of rotatable bonds is 3. The molecule has 3 aliphatic heterocycles. The predicted molar refractivity (Wildman–Crippen MR) is 102 cm³/mol. The molecule has 1 aromatic rings. The van der Waals surface area contributed by atoms with Crippen LogP contribution in [-0.4, -0.2) is 65.5 Å². The summed E-state index contributed by atoms with van der Waals surface area (Å²) >= 11 is 2.06. The molecule has 3 saturated heterocycles. The van der Waals surface area contributed by atoms with Gasteiger partial charge in [0.05, 0.1) is 0 Å². The number of hydrogen-bond acceptors (Lipinski definition) is 5. The standard InChI is InChI=1S/C19H27FN4OS/c20-15-3-1-14(2-4-15)17-13-18(22-21-17)19(25)24-9-7-23(8-10-24)16-5-11-26-12-6-16/h1-4,16-18,21-22H,5-13H2. The maximum absolute atomic E-state index is 13.1. The summed E-state index contributed by atoms with van der Waals surface area (Å²) < 4.78 is 13.1. The zero-order valence-corrected chi connectivity index (χ0v) is 15.8. The van der Waals surface area contributed by atoms with E-state index in [9.17, 15) is 9.18 Å². The van der Waals surface area contributed by atoms with E-state index in [1.165, 1.54) is 36.5 Å². The van der Waals surface area contributed by atoms with Crippen LogP contribution in [-0.2, 0) is 4.79 Å². The second-order valence-electron chi connectivity index (χ2n) is 7.39. The Morgan fingerprint density at radius 2 is 1.73 bits per heavy atom. The van der Waals surface area contributed by atoms with Crippen molar-refractivity contribution in [2.75, 3.05) is 37.7 Å². The second-order valence-corrected chi connectivity index (χ2v) is 8.61. The zero-order chi connectivity index (χ0) is 17.9. The van der Waals surface area contributed by atoms with E-state index >= 15 is 0 Å². The van der Waals surface area contributed by atoms with Gasteiger partial charge in [0.15, 0.2) is 0 Å². The molecule has 0 aliphatic carbocycles. The molecule has 26 heavy (non-hydrogen) atoms. The molecule has 2 unspecified atom stereocenters. The minimum atomic E-state index is -0.234. The quantitative estimate of drug-likeness (QED) is 0.840. The number of carbonyl (C=O) groups excluding carboxylic acids is 1. The Hall–Kier alpha value is -1.15. The van der Waals surface area contributed by atoms with Crippen molar-refractivity contribution >= 4 is 17.7 Å². The largest absolute Gasteiger partial charge is 0.339 e. The number of benzene rings is 1. The van der Waals surface area contributed by atoms with E-state index in [1.54, 1.807) is 12.1 Å². The number of thioether (sulfide) groups is 1. The van der Waals surface area contributed by atoms with Crippen LogP contribution in [0.15, 0.2) is 24.3 Å². The number of hydrogen-bond donors (Lipinski definition) is 2. The minimum Gasteiger partial charge on any atom is -0.339 e. The molecule has 3 fully saturated rings. The fraction of sp³-hybridized carbons (Fsp3) is 0.632. The molecule has 1 aromatic carbocycles. The molecule has 5 nitrogen and oxygen atoms in total. The summed E-state index contributed by atoms with van der Waals surface area (Å²) in [5.74, 6) is 2.49. The van der Waals surface area contributed by atoms with E-state index in [-0.39, 0.29) is 23.8 Å². The van der Waals surface area contributed by atoms with Crippen LogP contribution in [0.5, 0.6) is 0 Å². The van der Waals surface area contributed by atoms with Gasteiger partial charge >= 0.3 is 0 Å². The number of nitrogens with one attached hydrogen (secondary N) is 2. The lowest BCUT2D eigenvalue weighted by molar-refractivity contribution is -0.135. The van der Waals surface area contributed by atoms with Crippen molar-refractivity contribution in [2.24, 2.45) is 0 Å². The maximum atomic E-state index is 13.1. The van der Waals surface area contributed by atoms with Crippen LogP contribution in [0.1, 0.15) is 30.9 Å². The Balaban J connectivity index is 1.28. The average molecular weight is 379 g/mol. The third kappa shape index (κ3) is 4.06. The molecule has 1 amide bonds. The summed E-state index contributed by atoms with van der Waals surface area (Å²) in [5.41, 5.74) is 7.34. The van der Waals surface area contributed by atoms with E-state index in [2.05, 4.69) is 27.5 Å². The molecule has 0 bridgehead atoms. The Kier molecular flexibility index (Phi) is 5.78. The molecule has 142 valence electrons. The first-order valence-corrected chi connectivity index (χ1v) is 10.7. The Labute approximate surface area is 158 Å². The van der Waals surface area contributed by atoms with Crippen LogP contribution in [0.25, 0.3) is 0 Å². The first-order chi connectivity index (χ1) is 12.7. The molecule has 3 heterocycles. The van der Waals surface area contributed by atoms with Crippen LogP contribution in [0, 0.1) is 5.82 Å². The summed E-state index contributed by atoms with van der Waals surface area (Å²) in [5, 5.41) is 0. The fourth-order valence-corrected chi connectivity index (χ4v) is 5.29. The smallest absolute Gasteiger partial charge is 0.241 e. The van der Waals surface area contributed by atoms with Gasteiger partial charge < -0.3 is 4.90 Å². The molecule has 7 heteroatoms. The summed E-state index contributed by atoms with van der Waals surface area (Å²) in [7, 11) is 0. The van der Waals surface area contributed by atoms with E-state index in [4.69, 9.17) is 0 Å². The van der Waals surface area contributed by atoms with Gasteiger partial charge in [0.2, 0.25) is 5.91 Å². The molecule has 0 spiro atoms. The van der Waals surface area contributed by atoms with Crippen molar-refractivity contribution in [3.8, 4) is 0 Å². The Morgan fingerprint density at radius 1 is 1.04 bits per heavy atom. The van der Waals surface area contributed by atoms with Crippen LogP contribution in [0.4, 0.5) is 4.39 Å². The lowest BCUT2D eigenvalue weighted by Crippen LogP contribution is -2.55. The highest BCUT2D eigenvalue weighted by Gasteiger charge is 2.35. The van der Waals surface area contributed by atoms with Gasteiger partial charge in [0.25, 0.3) is 0 Å². The molecular weight excluding hydrogens is 351 g/mol. The topological polar surface area (TPSA) is 47.6 Å². The van der Waals surface area contributed by atoms with Gasteiger partial charge in [-0.3, -0.25) is 9.69 Å². The number of hydrazine groups is 1. The van der Waals surface area contributed by atoms with E-state index in [1.807, 2.05) is 4.90 Å². The molecule has 2 atom stereocenters. The summed E-state index contributed by atoms with van der Waals surface area (Å²) in [6, 6.07) is 7.05. The van der Waals surface area contributed by atoms with Gasteiger partial charge in [-0.15, -0.1) is 0 Å². The SMILES string of the molecule is O=C(C1CC(c2ccc(F)cc2)NN1)N1CCN(C2CCSCC2)CC1. The number of nitrogens with zero attached hydrogens (tertiary/aromatic N) is 2. The summed E-state index contributed by atoms with van der Waals surface area (Å²) in [6.45, 7) is 3.62. The molecule has 2 N–H and O–H groups in total. The third-order valence-electron chi connectivity index (χ3n) is 5.81. The van der Waals surface area contributed by atoms with Crippen LogP contribution in [0.3, 0.4) is 0 Å². The Bertz CT molecular complexity index is 614.